The first kappa shape index (κ1) is 19.1. The van der Waals surface area contributed by atoms with Gasteiger partial charge in [0.1, 0.15) is 11.5 Å². The van der Waals surface area contributed by atoms with Crippen LogP contribution in [-0.4, -0.2) is 32.3 Å². The Morgan fingerprint density at radius 2 is 1.72 bits per heavy atom. The zero-order valence-electron chi connectivity index (χ0n) is 16.9. The van der Waals surface area contributed by atoms with Crippen molar-refractivity contribution in [2.45, 2.75) is 19.4 Å². The average Bonchev–Trinajstić information content (AvgIpc) is 2.79. The van der Waals surface area contributed by atoms with Crippen LogP contribution in [0.15, 0.2) is 54.6 Å². The molecule has 0 N–H and O–H groups in total. The van der Waals surface area contributed by atoms with E-state index in [1.54, 1.807) is 14.2 Å². The predicted molar refractivity (Wildman–Crippen MR) is 115 cm³/mol. The van der Waals surface area contributed by atoms with Crippen LogP contribution in [0.4, 0.5) is 5.69 Å². The van der Waals surface area contributed by atoms with Crippen LogP contribution in [0.5, 0.6) is 11.5 Å². The summed E-state index contributed by atoms with van der Waals surface area (Å²) >= 11 is 0. The minimum Gasteiger partial charge on any atom is -0.497 e. The van der Waals surface area contributed by atoms with Crippen LogP contribution in [0.25, 0.3) is 10.8 Å². The molecule has 0 aliphatic carbocycles. The molecule has 3 aromatic carbocycles. The number of benzene rings is 3. The van der Waals surface area contributed by atoms with E-state index < -0.39 is 0 Å². The van der Waals surface area contributed by atoms with Gasteiger partial charge in [0.25, 0.3) is 0 Å². The quantitative estimate of drug-likeness (QED) is 0.632. The largest absolute Gasteiger partial charge is 0.497 e. The van der Waals surface area contributed by atoms with Crippen LogP contribution in [0, 0.1) is 11.3 Å². The average molecular weight is 387 g/mol. The zero-order chi connectivity index (χ0) is 20.2. The van der Waals surface area contributed by atoms with Crippen molar-refractivity contribution in [1.82, 2.24) is 5.01 Å². The highest BCUT2D eigenvalue weighted by atomic mass is 16.5. The van der Waals surface area contributed by atoms with Gasteiger partial charge in [-0.05, 0) is 31.0 Å². The lowest BCUT2D eigenvalue weighted by Gasteiger charge is -2.41. The van der Waals surface area contributed by atoms with E-state index in [1.807, 2.05) is 36.4 Å². The Morgan fingerprint density at radius 1 is 0.931 bits per heavy atom. The number of hydrogen-bond donors (Lipinski definition) is 0. The summed E-state index contributed by atoms with van der Waals surface area (Å²) in [5, 5.41) is 16.3. The second-order valence-corrected chi connectivity index (χ2v) is 7.19. The first-order valence-corrected chi connectivity index (χ1v) is 9.90. The van der Waals surface area contributed by atoms with E-state index in [1.165, 1.54) is 0 Å². The van der Waals surface area contributed by atoms with Crippen molar-refractivity contribution in [3.63, 3.8) is 0 Å². The standard InChI is InChI=1S/C24H25N3O2/c1-28-20-11-9-19(24(15-20)29-2)17-26-13-5-6-14-27(26)23-12-10-18(16-25)21-7-3-4-8-22(21)23/h3-4,7-12,15H,5-6,13-14,17H2,1-2H3. The SMILES string of the molecule is COc1ccc(CN2CCCCN2c2ccc(C#N)c3ccccc23)c(OC)c1. The number of methoxy groups -OCH3 is 2. The highest BCUT2D eigenvalue weighted by Crippen LogP contribution is 2.33. The minimum atomic E-state index is 0.713. The summed E-state index contributed by atoms with van der Waals surface area (Å²) in [5.41, 5.74) is 2.98. The van der Waals surface area contributed by atoms with Crippen molar-refractivity contribution in [1.29, 1.82) is 5.26 Å². The number of ether oxygens (including phenoxy) is 2. The summed E-state index contributed by atoms with van der Waals surface area (Å²) in [6.07, 6.45) is 2.30. The van der Waals surface area contributed by atoms with Crippen LogP contribution in [-0.2, 0) is 6.54 Å². The van der Waals surface area contributed by atoms with Crippen molar-refractivity contribution in [2.75, 3.05) is 32.3 Å². The number of hydrogen-bond acceptors (Lipinski definition) is 5. The Labute approximate surface area is 171 Å². The maximum Gasteiger partial charge on any atom is 0.127 e. The molecule has 0 aromatic heterocycles. The Hall–Kier alpha value is -3.23. The number of rotatable bonds is 5. The summed E-state index contributed by atoms with van der Waals surface area (Å²) < 4.78 is 10.9. The summed E-state index contributed by atoms with van der Waals surface area (Å²) in [6.45, 7) is 2.68. The summed E-state index contributed by atoms with van der Waals surface area (Å²) in [7, 11) is 3.36. The Morgan fingerprint density at radius 3 is 2.48 bits per heavy atom. The van der Waals surface area contributed by atoms with E-state index in [2.05, 4.69) is 34.3 Å². The van der Waals surface area contributed by atoms with Crippen molar-refractivity contribution in [3.8, 4) is 17.6 Å². The zero-order valence-corrected chi connectivity index (χ0v) is 16.9. The Balaban J connectivity index is 1.71. The predicted octanol–water partition coefficient (Wildman–Crippen LogP) is 4.75. The molecule has 1 saturated heterocycles. The molecule has 29 heavy (non-hydrogen) atoms. The minimum absolute atomic E-state index is 0.713. The molecule has 0 unspecified atom stereocenters. The van der Waals surface area contributed by atoms with Gasteiger partial charge in [0.2, 0.25) is 0 Å². The molecule has 0 radical (unpaired) electrons. The molecule has 4 rings (SSSR count). The summed E-state index contributed by atoms with van der Waals surface area (Å²) in [5.74, 6) is 1.62. The van der Waals surface area contributed by atoms with E-state index in [0.29, 0.717) is 5.56 Å². The smallest absolute Gasteiger partial charge is 0.127 e. The lowest BCUT2D eigenvalue weighted by Crippen LogP contribution is -2.47. The normalized spacial score (nSPS) is 14.6. The third-order valence-electron chi connectivity index (χ3n) is 5.52. The van der Waals surface area contributed by atoms with E-state index in [-0.39, 0.29) is 0 Å². The van der Waals surface area contributed by atoms with Gasteiger partial charge >= 0.3 is 0 Å². The molecule has 1 heterocycles. The lowest BCUT2D eigenvalue weighted by molar-refractivity contribution is 0.202. The molecule has 1 aliphatic heterocycles. The highest BCUT2D eigenvalue weighted by molar-refractivity contribution is 5.97. The van der Waals surface area contributed by atoms with Crippen molar-refractivity contribution < 1.29 is 9.47 Å². The van der Waals surface area contributed by atoms with Gasteiger partial charge < -0.3 is 14.5 Å². The van der Waals surface area contributed by atoms with Gasteiger partial charge in [-0.25, -0.2) is 5.01 Å². The maximum absolute atomic E-state index is 9.49. The van der Waals surface area contributed by atoms with Crippen LogP contribution < -0.4 is 14.5 Å². The maximum atomic E-state index is 9.49. The monoisotopic (exact) mass is 387 g/mol. The van der Waals surface area contributed by atoms with E-state index in [4.69, 9.17) is 9.47 Å². The summed E-state index contributed by atoms with van der Waals surface area (Å²) in [6, 6.07) is 20.5. The lowest BCUT2D eigenvalue weighted by atomic mass is 10.0. The van der Waals surface area contributed by atoms with E-state index in [9.17, 15) is 5.26 Å². The number of fused-ring (bicyclic) bond motifs is 1. The second kappa shape index (κ2) is 8.42. The fourth-order valence-corrected chi connectivity index (χ4v) is 4.04. The van der Waals surface area contributed by atoms with Crippen molar-refractivity contribution in [3.05, 3.63) is 65.7 Å². The molecular weight excluding hydrogens is 362 g/mol. The van der Waals surface area contributed by atoms with Crippen LogP contribution in [0.1, 0.15) is 24.0 Å². The molecule has 1 aliphatic rings. The number of nitriles is 1. The summed E-state index contributed by atoms with van der Waals surface area (Å²) in [4.78, 5) is 0. The molecular formula is C24H25N3O2. The third kappa shape index (κ3) is 3.72. The third-order valence-corrected chi connectivity index (χ3v) is 5.52. The molecule has 148 valence electrons. The number of hydrazine groups is 1. The van der Waals surface area contributed by atoms with Crippen molar-refractivity contribution in [2.24, 2.45) is 0 Å². The number of nitrogens with zero attached hydrogens (tertiary/aromatic N) is 3. The van der Waals surface area contributed by atoms with Gasteiger partial charge in [-0.15, -0.1) is 0 Å². The molecule has 0 saturated carbocycles. The van der Waals surface area contributed by atoms with Crippen LogP contribution in [0.2, 0.25) is 0 Å². The topological polar surface area (TPSA) is 48.7 Å². The Bertz CT molecular complexity index is 1060. The van der Waals surface area contributed by atoms with E-state index in [0.717, 1.165) is 66.0 Å². The molecule has 0 amide bonds. The van der Waals surface area contributed by atoms with Gasteiger partial charge in [-0.2, -0.15) is 5.26 Å². The van der Waals surface area contributed by atoms with Gasteiger partial charge in [0.15, 0.2) is 0 Å². The molecule has 5 nitrogen and oxygen atoms in total. The molecule has 1 fully saturated rings. The highest BCUT2D eigenvalue weighted by Gasteiger charge is 2.23. The van der Waals surface area contributed by atoms with Crippen LogP contribution in [0.3, 0.4) is 0 Å². The first-order valence-electron chi connectivity index (χ1n) is 9.90. The van der Waals surface area contributed by atoms with Gasteiger partial charge in [-0.3, -0.25) is 0 Å². The number of anilines is 1. The molecule has 5 heteroatoms. The molecule has 0 bridgehead atoms. The van der Waals surface area contributed by atoms with Crippen LogP contribution >= 0.6 is 0 Å². The second-order valence-electron chi connectivity index (χ2n) is 7.19. The molecule has 0 spiro atoms. The van der Waals surface area contributed by atoms with Gasteiger partial charge in [0, 0.05) is 42.0 Å². The first-order chi connectivity index (χ1) is 14.2. The Kier molecular flexibility index (Phi) is 5.55. The van der Waals surface area contributed by atoms with Crippen molar-refractivity contribution >= 4 is 16.5 Å². The molecule has 3 aromatic rings. The van der Waals surface area contributed by atoms with E-state index >= 15 is 0 Å². The molecule has 0 atom stereocenters. The van der Waals surface area contributed by atoms with Gasteiger partial charge in [-0.1, -0.05) is 30.3 Å². The fraction of sp³-hybridized carbons (Fsp3) is 0.292. The fourth-order valence-electron chi connectivity index (χ4n) is 4.04. The van der Waals surface area contributed by atoms with Gasteiger partial charge in [0.05, 0.1) is 31.5 Å².